The third-order valence-electron chi connectivity index (χ3n) is 1.50. The van der Waals surface area contributed by atoms with E-state index in [9.17, 15) is 0 Å². The number of hydrogen-bond acceptors (Lipinski definition) is 2. The van der Waals surface area contributed by atoms with Crippen LogP contribution in [0.5, 0.6) is 0 Å². The fourth-order valence-corrected chi connectivity index (χ4v) is 0.965. The van der Waals surface area contributed by atoms with E-state index in [-0.39, 0.29) is 0 Å². The van der Waals surface area contributed by atoms with E-state index >= 15 is 0 Å². The number of aryl methyl sites for hydroxylation is 1. The summed E-state index contributed by atoms with van der Waals surface area (Å²) in [6.45, 7) is 5.95. The first-order valence-corrected chi connectivity index (χ1v) is 4.14. The summed E-state index contributed by atoms with van der Waals surface area (Å²) in [7, 11) is 0. The van der Waals surface area contributed by atoms with Gasteiger partial charge in [0.2, 0.25) is 0 Å². The smallest absolute Gasteiger partial charge is 0.0894 e. The lowest BCUT2D eigenvalue weighted by molar-refractivity contribution is 0.849. The Morgan fingerprint density at radius 3 is 2.67 bits per heavy atom. The second-order valence-corrected chi connectivity index (χ2v) is 2.21. The standard InChI is InChI=1S/C7H7N3.C2H6/c1-6-7-4-2-3-5-10(7)9-8-6;1-2/h2-5H,1H3;1-2H3. The van der Waals surface area contributed by atoms with Gasteiger partial charge < -0.3 is 0 Å². The average Bonchev–Trinajstić information content (AvgIpc) is 2.53. The van der Waals surface area contributed by atoms with Crippen molar-refractivity contribution in [2.24, 2.45) is 0 Å². The molecule has 3 nitrogen and oxygen atoms in total. The largest absolute Gasteiger partial charge is 0.220 e. The van der Waals surface area contributed by atoms with Crippen molar-refractivity contribution in [1.82, 2.24) is 14.8 Å². The van der Waals surface area contributed by atoms with Crippen LogP contribution in [0.25, 0.3) is 5.52 Å². The molecule has 2 rings (SSSR count). The molecule has 0 atom stereocenters. The molecule has 0 aliphatic rings. The van der Waals surface area contributed by atoms with Gasteiger partial charge in [0.25, 0.3) is 0 Å². The van der Waals surface area contributed by atoms with E-state index in [4.69, 9.17) is 0 Å². The zero-order valence-electron chi connectivity index (χ0n) is 7.65. The first-order valence-electron chi connectivity index (χ1n) is 4.14. The van der Waals surface area contributed by atoms with Crippen LogP contribution in [0.15, 0.2) is 24.4 Å². The highest BCUT2D eigenvalue weighted by atomic mass is 15.4. The normalized spacial score (nSPS) is 9.25. The molecular formula is C9H13N3. The maximum atomic E-state index is 3.91. The van der Waals surface area contributed by atoms with Crippen LogP contribution in [0, 0.1) is 6.92 Å². The molecule has 2 heterocycles. The monoisotopic (exact) mass is 163 g/mol. The Kier molecular flexibility index (Phi) is 2.80. The van der Waals surface area contributed by atoms with Crippen molar-refractivity contribution < 1.29 is 0 Å². The summed E-state index contributed by atoms with van der Waals surface area (Å²) in [6.07, 6.45) is 1.88. The van der Waals surface area contributed by atoms with Crippen molar-refractivity contribution in [1.29, 1.82) is 0 Å². The van der Waals surface area contributed by atoms with E-state index in [0.717, 1.165) is 11.2 Å². The van der Waals surface area contributed by atoms with Gasteiger partial charge in [-0.25, -0.2) is 4.52 Å². The van der Waals surface area contributed by atoms with Crippen LogP contribution in [-0.2, 0) is 0 Å². The predicted molar refractivity (Wildman–Crippen MR) is 49.1 cm³/mol. The molecular weight excluding hydrogens is 150 g/mol. The molecule has 0 spiro atoms. The summed E-state index contributed by atoms with van der Waals surface area (Å²) in [4.78, 5) is 0. The Balaban J connectivity index is 0.000000336. The topological polar surface area (TPSA) is 30.2 Å². The predicted octanol–water partition coefficient (Wildman–Crippen LogP) is 2.06. The van der Waals surface area contributed by atoms with Gasteiger partial charge in [-0.15, -0.1) is 5.10 Å². The first kappa shape index (κ1) is 8.71. The van der Waals surface area contributed by atoms with Gasteiger partial charge in [-0.05, 0) is 19.1 Å². The maximum absolute atomic E-state index is 3.91. The molecule has 64 valence electrons. The number of hydrogen-bond donors (Lipinski definition) is 0. The van der Waals surface area contributed by atoms with E-state index in [1.165, 1.54) is 0 Å². The van der Waals surface area contributed by atoms with Gasteiger partial charge in [-0.3, -0.25) is 0 Å². The highest BCUT2D eigenvalue weighted by Gasteiger charge is 1.96. The van der Waals surface area contributed by atoms with Crippen molar-refractivity contribution in [2.75, 3.05) is 0 Å². The molecule has 0 N–H and O–H groups in total. The first-order chi connectivity index (χ1) is 5.88. The third-order valence-corrected chi connectivity index (χ3v) is 1.50. The highest BCUT2D eigenvalue weighted by molar-refractivity contribution is 5.48. The van der Waals surface area contributed by atoms with Crippen LogP contribution < -0.4 is 0 Å². The fourth-order valence-electron chi connectivity index (χ4n) is 0.965. The van der Waals surface area contributed by atoms with E-state index in [1.54, 1.807) is 4.52 Å². The Morgan fingerprint density at radius 1 is 1.25 bits per heavy atom. The minimum Gasteiger partial charge on any atom is -0.220 e. The number of rotatable bonds is 0. The van der Waals surface area contributed by atoms with Crippen molar-refractivity contribution in [3.63, 3.8) is 0 Å². The maximum Gasteiger partial charge on any atom is 0.0894 e. The molecule has 0 radical (unpaired) electrons. The van der Waals surface area contributed by atoms with Gasteiger partial charge in [0.15, 0.2) is 0 Å². The van der Waals surface area contributed by atoms with Crippen LogP contribution in [-0.4, -0.2) is 14.8 Å². The van der Waals surface area contributed by atoms with E-state index in [0.29, 0.717) is 0 Å². The Morgan fingerprint density at radius 2 is 2.00 bits per heavy atom. The SMILES string of the molecule is CC.Cc1nnn2ccccc12. The van der Waals surface area contributed by atoms with Gasteiger partial charge in [0, 0.05) is 6.20 Å². The summed E-state index contributed by atoms with van der Waals surface area (Å²) >= 11 is 0. The molecule has 0 bridgehead atoms. The summed E-state index contributed by atoms with van der Waals surface area (Å²) in [6, 6.07) is 5.90. The molecule has 0 fully saturated rings. The Hall–Kier alpha value is -1.38. The molecule has 0 aromatic carbocycles. The second-order valence-electron chi connectivity index (χ2n) is 2.21. The molecule has 0 saturated carbocycles. The zero-order chi connectivity index (χ0) is 8.97. The summed E-state index contributed by atoms with van der Waals surface area (Å²) < 4.78 is 1.76. The highest BCUT2D eigenvalue weighted by Crippen LogP contribution is 2.03. The van der Waals surface area contributed by atoms with Crippen molar-refractivity contribution >= 4 is 5.52 Å². The fraction of sp³-hybridized carbons (Fsp3) is 0.333. The van der Waals surface area contributed by atoms with Crippen LogP contribution >= 0.6 is 0 Å². The van der Waals surface area contributed by atoms with Gasteiger partial charge in [-0.1, -0.05) is 25.1 Å². The number of pyridine rings is 1. The Bertz CT molecular complexity index is 351. The molecule has 0 aliphatic carbocycles. The van der Waals surface area contributed by atoms with Crippen LogP contribution in [0.2, 0.25) is 0 Å². The lowest BCUT2D eigenvalue weighted by Gasteiger charge is -1.87. The minimum atomic E-state index is 0.973. The molecule has 3 heteroatoms. The van der Waals surface area contributed by atoms with E-state index in [1.807, 2.05) is 45.2 Å². The molecule has 12 heavy (non-hydrogen) atoms. The van der Waals surface area contributed by atoms with Gasteiger partial charge >= 0.3 is 0 Å². The molecule has 0 aliphatic heterocycles. The van der Waals surface area contributed by atoms with E-state index < -0.39 is 0 Å². The van der Waals surface area contributed by atoms with Crippen molar-refractivity contribution in [3.05, 3.63) is 30.1 Å². The molecule has 0 unspecified atom stereocenters. The van der Waals surface area contributed by atoms with Crippen molar-refractivity contribution in [2.45, 2.75) is 20.8 Å². The van der Waals surface area contributed by atoms with Crippen LogP contribution in [0.1, 0.15) is 19.5 Å². The quantitative estimate of drug-likeness (QED) is 0.595. The van der Waals surface area contributed by atoms with Gasteiger partial charge in [0.1, 0.15) is 0 Å². The second kappa shape index (κ2) is 3.85. The summed E-state index contributed by atoms with van der Waals surface area (Å²) in [5.74, 6) is 0. The van der Waals surface area contributed by atoms with Gasteiger partial charge in [0.05, 0.1) is 11.2 Å². The molecule has 0 amide bonds. The number of fused-ring (bicyclic) bond motifs is 1. The van der Waals surface area contributed by atoms with Crippen LogP contribution in [0.4, 0.5) is 0 Å². The number of aromatic nitrogens is 3. The van der Waals surface area contributed by atoms with Crippen LogP contribution in [0.3, 0.4) is 0 Å². The molecule has 2 aromatic rings. The number of nitrogens with zero attached hydrogens (tertiary/aromatic N) is 3. The summed E-state index contributed by atoms with van der Waals surface area (Å²) in [5.41, 5.74) is 2.04. The third kappa shape index (κ3) is 1.44. The lowest BCUT2D eigenvalue weighted by Crippen LogP contribution is -1.83. The lowest BCUT2D eigenvalue weighted by atomic mass is 10.3. The van der Waals surface area contributed by atoms with Gasteiger partial charge in [-0.2, -0.15) is 0 Å². The van der Waals surface area contributed by atoms with Crippen molar-refractivity contribution in [3.8, 4) is 0 Å². The molecule has 2 aromatic heterocycles. The molecule has 0 saturated heterocycles. The summed E-state index contributed by atoms with van der Waals surface area (Å²) in [5, 5.41) is 7.79. The minimum absolute atomic E-state index is 0.973. The van der Waals surface area contributed by atoms with E-state index in [2.05, 4.69) is 10.3 Å². The zero-order valence-corrected chi connectivity index (χ0v) is 7.65. The average molecular weight is 163 g/mol. The Labute approximate surface area is 72.0 Å².